The lowest BCUT2D eigenvalue weighted by atomic mass is 10.1. The van der Waals surface area contributed by atoms with Gasteiger partial charge in [0.25, 0.3) is 0 Å². The van der Waals surface area contributed by atoms with E-state index in [1.165, 1.54) is 23.3 Å². The van der Waals surface area contributed by atoms with Crippen LogP contribution in [-0.4, -0.2) is 48.4 Å². The highest BCUT2D eigenvalue weighted by Gasteiger charge is 2.22. The summed E-state index contributed by atoms with van der Waals surface area (Å²) in [7, 11) is 0. The Morgan fingerprint density at radius 3 is 2.50 bits per heavy atom. The summed E-state index contributed by atoms with van der Waals surface area (Å²) in [5.74, 6) is -1.20. The molecule has 0 aromatic heterocycles. The number of amides is 1. The Morgan fingerprint density at radius 1 is 1.11 bits per heavy atom. The second-order valence-electron chi connectivity index (χ2n) is 7.35. The number of rotatable bonds is 6. The molecule has 1 aliphatic rings. The van der Waals surface area contributed by atoms with Crippen molar-refractivity contribution in [1.82, 2.24) is 15.1 Å². The summed E-state index contributed by atoms with van der Waals surface area (Å²) in [6.45, 7) is 7.96. The summed E-state index contributed by atoms with van der Waals surface area (Å²) >= 11 is 0. The molecule has 1 heterocycles. The summed E-state index contributed by atoms with van der Waals surface area (Å²) in [6, 6.07) is 11.5. The third kappa shape index (κ3) is 5.14. The number of carbonyl (C=O) groups is 1. The van der Waals surface area contributed by atoms with Gasteiger partial charge in [0.15, 0.2) is 0 Å². The van der Waals surface area contributed by atoms with E-state index in [9.17, 15) is 13.6 Å². The van der Waals surface area contributed by atoms with Crippen LogP contribution >= 0.6 is 0 Å². The molecular formula is C22H27F2N3O. The molecule has 0 bridgehead atoms. The van der Waals surface area contributed by atoms with Gasteiger partial charge in [0, 0.05) is 50.4 Å². The van der Waals surface area contributed by atoms with E-state index in [2.05, 4.69) is 35.3 Å². The van der Waals surface area contributed by atoms with Crippen LogP contribution < -0.4 is 5.32 Å². The SMILES string of the molecule is Cc1ccccc1CN1CCN(C(=O)CN[C@H](C)c2ccc(F)cc2F)CC1. The molecule has 1 saturated heterocycles. The lowest BCUT2D eigenvalue weighted by molar-refractivity contribution is -0.132. The average Bonchev–Trinajstić information content (AvgIpc) is 2.68. The lowest BCUT2D eigenvalue weighted by Crippen LogP contribution is -2.50. The number of hydrogen-bond acceptors (Lipinski definition) is 3. The van der Waals surface area contributed by atoms with Gasteiger partial charge in [-0.15, -0.1) is 0 Å². The van der Waals surface area contributed by atoms with Crippen LogP contribution in [0.2, 0.25) is 0 Å². The first-order chi connectivity index (χ1) is 13.4. The largest absolute Gasteiger partial charge is 0.339 e. The maximum Gasteiger partial charge on any atom is 0.236 e. The standard InChI is InChI=1S/C22H27F2N3O/c1-16-5-3-4-6-18(16)15-26-9-11-27(12-10-26)22(28)14-25-17(2)20-8-7-19(23)13-21(20)24/h3-8,13,17,25H,9-12,14-15H2,1-2H3/t17-/m1/s1. The Bertz CT molecular complexity index is 819. The number of halogens is 2. The summed E-state index contributed by atoms with van der Waals surface area (Å²) in [6.07, 6.45) is 0. The minimum absolute atomic E-state index is 0.00455. The summed E-state index contributed by atoms with van der Waals surface area (Å²) < 4.78 is 26.9. The molecule has 0 saturated carbocycles. The fourth-order valence-corrected chi connectivity index (χ4v) is 3.50. The second-order valence-corrected chi connectivity index (χ2v) is 7.35. The van der Waals surface area contributed by atoms with Crippen molar-refractivity contribution in [2.24, 2.45) is 0 Å². The van der Waals surface area contributed by atoms with Gasteiger partial charge in [-0.1, -0.05) is 30.3 Å². The first-order valence-electron chi connectivity index (χ1n) is 9.67. The van der Waals surface area contributed by atoms with Crippen molar-refractivity contribution < 1.29 is 13.6 Å². The van der Waals surface area contributed by atoms with Gasteiger partial charge >= 0.3 is 0 Å². The molecule has 0 spiro atoms. The number of carbonyl (C=O) groups excluding carboxylic acids is 1. The monoisotopic (exact) mass is 387 g/mol. The molecule has 1 atom stereocenters. The van der Waals surface area contributed by atoms with Crippen LogP contribution in [0, 0.1) is 18.6 Å². The van der Waals surface area contributed by atoms with E-state index in [0.29, 0.717) is 18.7 Å². The van der Waals surface area contributed by atoms with Crippen LogP contribution in [0.25, 0.3) is 0 Å². The Hall–Kier alpha value is -2.31. The topological polar surface area (TPSA) is 35.6 Å². The molecular weight excluding hydrogens is 360 g/mol. The van der Waals surface area contributed by atoms with E-state index in [1.807, 2.05) is 11.0 Å². The fourth-order valence-electron chi connectivity index (χ4n) is 3.50. The lowest BCUT2D eigenvalue weighted by Gasteiger charge is -2.35. The van der Waals surface area contributed by atoms with Crippen LogP contribution in [0.5, 0.6) is 0 Å². The molecule has 0 radical (unpaired) electrons. The van der Waals surface area contributed by atoms with Crippen molar-refractivity contribution in [1.29, 1.82) is 0 Å². The Labute approximate surface area is 165 Å². The maximum absolute atomic E-state index is 13.8. The number of benzene rings is 2. The molecule has 0 unspecified atom stereocenters. The van der Waals surface area contributed by atoms with Gasteiger partial charge in [-0.2, -0.15) is 0 Å². The molecule has 28 heavy (non-hydrogen) atoms. The molecule has 2 aromatic rings. The molecule has 6 heteroatoms. The van der Waals surface area contributed by atoms with Crippen molar-refractivity contribution in [3.63, 3.8) is 0 Å². The minimum Gasteiger partial charge on any atom is -0.339 e. The highest BCUT2D eigenvalue weighted by atomic mass is 19.1. The molecule has 2 aromatic carbocycles. The molecule has 0 aliphatic carbocycles. The van der Waals surface area contributed by atoms with Gasteiger partial charge in [-0.25, -0.2) is 8.78 Å². The number of aryl methyl sites for hydroxylation is 1. The molecule has 1 amide bonds. The van der Waals surface area contributed by atoms with Gasteiger partial charge in [0.2, 0.25) is 5.91 Å². The summed E-state index contributed by atoms with van der Waals surface area (Å²) in [4.78, 5) is 16.7. The molecule has 1 fully saturated rings. The van der Waals surface area contributed by atoms with Crippen molar-refractivity contribution in [3.05, 3.63) is 70.8 Å². The van der Waals surface area contributed by atoms with E-state index >= 15 is 0 Å². The van der Waals surface area contributed by atoms with Crippen LogP contribution in [0.3, 0.4) is 0 Å². The normalized spacial score (nSPS) is 16.2. The number of piperazine rings is 1. The zero-order chi connectivity index (χ0) is 20.1. The first-order valence-corrected chi connectivity index (χ1v) is 9.67. The second kappa shape index (κ2) is 9.26. The highest BCUT2D eigenvalue weighted by Crippen LogP contribution is 2.18. The van der Waals surface area contributed by atoms with E-state index in [1.54, 1.807) is 6.92 Å². The van der Waals surface area contributed by atoms with Gasteiger partial charge < -0.3 is 10.2 Å². The summed E-state index contributed by atoms with van der Waals surface area (Å²) in [5.41, 5.74) is 2.96. The van der Waals surface area contributed by atoms with E-state index < -0.39 is 11.6 Å². The van der Waals surface area contributed by atoms with Gasteiger partial charge in [0.1, 0.15) is 11.6 Å². The Morgan fingerprint density at radius 2 is 1.82 bits per heavy atom. The zero-order valence-corrected chi connectivity index (χ0v) is 16.4. The van der Waals surface area contributed by atoms with E-state index in [0.717, 1.165) is 25.7 Å². The van der Waals surface area contributed by atoms with Crippen LogP contribution in [0.4, 0.5) is 8.78 Å². The minimum atomic E-state index is -0.604. The van der Waals surface area contributed by atoms with Crippen molar-refractivity contribution in [3.8, 4) is 0 Å². The molecule has 1 N–H and O–H groups in total. The highest BCUT2D eigenvalue weighted by molar-refractivity contribution is 5.78. The van der Waals surface area contributed by atoms with Crippen LogP contribution in [-0.2, 0) is 11.3 Å². The molecule has 1 aliphatic heterocycles. The Kier molecular flexibility index (Phi) is 6.75. The number of nitrogens with zero attached hydrogens (tertiary/aromatic N) is 2. The van der Waals surface area contributed by atoms with Crippen molar-refractivity contribution in [2.45, 2.75) is 26.4 Å². The van der Waals surface area contributed by atoms with Crippen LogP contribution in [0.1, 0.15) is 29.7 Å². The fraction of sp³-hybridized carbons (Fsp3) is 0.409. The Balaban J connectivity index is 1.45. The summed E-state index contributed by atoms with van der Waals surface area (Å²) in [5, 5.41) is 3.05. The molecule has 4 nitrogen and oxygen atoms in total. The number of nitrogens with one attached hydrogen (secondary N) is 1. The maximum atomic E-state index is 13.8. The van der Waals surface area contributed by atoms with E-state index in [-0.39, 0.29) is 18.5 Å². The van der Waals surface area contributed by atoms with Crippen LogP contribution in [0.15, 0.2) is 42.5 Å². The predicted octanol–water partition coefficient (Wildman–Crippen LogP) is 3.27. The zero-order valence-electron chi connectivity index (χ0n) is 16.4. The van der Waals surface area contributed by atoms with Gasteiger partial charge in [-0.3, -0.25) is 9.69 Å². The van der Waals surface area contributed by atoms with Crippen molar-refractivity contribution in [2.75, 3.05) is 32.7 Å². The predicted molar refractivity (Wildman–Crippen MR) is 106 cm³/mol. The average molecular weight is 387 g/mol. The first kappa shape index (κ1) is 20.4. The van der Waals surface area contributed by atoms with Gasteiger partial charge in [-0.05, 0) is 31.0 Å². The third-order valence-corrected chi connectivity index (χ3v) is 5.37. The molecule has 3 rings (SSSR count). The number of hydrogen-bond donors (Lipinski definition) is 1. The molecule has 150 valence electrons. The van der Waals surface area contributed by atoms with Crippen molar-refractivity contribution >= 4 is 5.91 Å². The smallest absolute Gasteiger partial charge is 0.236 e. The van der Waals surface area contributed by atoms with E-state index in [4.69, 9.17) is 0 Å². The van der Waals surface area contributed by atoms with Gasteiger partial charge in [0.05, 0.1) is 6.54 Å². The quantitative estimate of drug-likeness (QED) is 0.826. The third-order valence-electron chi connectivity index (χ3n) is 5.37.